The van der Waals surface area contributed by atoms with Crippen LogP contribution in [0.5, 0.6) is 0 Å². The molecule has 1 rings (SSSR count). The molecule has 0 saturated carbocycles. The number of halogens is 4. The molecule has 0 aliphatic carbocycles. The fraction of sp³-hybridized carbons (Fsp3) is 0.625. The molecule has 1 aromatic heterocycles. The summed E-state index contributed by atoms with van der Waals surface area (Å²) in [7, 11) is 0. The van der Waals surface area contributed by atoms with Crippen LogP contribution in [0.4, 0.5) is 13.2 Å². The first kappa shape index (κ1) is 12.3. The quantitative estimate of drug-likeness (QED) is 0.866. The van der Waals surface area contributed by atoms with Gasteiger partial charge in [-0.15, -0.1) is 0 Å². The third-order valence-electron chi connectivity index (χ3n) is 1.88. The van der Waals surface area contributed by atoms with Crippen molar-refractivity contribution in [2.45, 2.75) is 32.7 Å². The zero-order chi connectivity index (χ0) is 11.8. The van der Waals surface area contributed by atoms with Crippen LogP contribution >= 0.6 is 11.6 Å². The molecular formula is C8H10ClF3N2O. The van der Waals surface area contributed by atoms with E-state index < -0.39 is 23.0 Å². The predicted molar refractivity (Wildman–Crippen MR) is 48.5 cm³/mol. The molecule has 0 amide bonds. The van der Waals surface area contributed by atoms with Crippen LogP contribution in [0.3, 0.4) is 0 Å². The van der Waals surface area contributed by atoms with Crippen molar-refractivity contribution in [1.29, 1.82) is 0 Å². The van der Waals surface area contributed by atoms with Gasteiger partial charge in [-0.2, -0.15) is 18.3 Å². The smallest absolute Gasteiger partial charge is 0.387 e. The number of hydrogen-bond acceptors (Lipinski definition) is 2. The molecule has 1 heterocycles. The van der Waals surface area contributed by atoms with E-state index in [2.05, 4.69) is 5.10 Å². The van der Waals surface area contributed by atoms with Crippen molar-refractivity contribution in [2.75, 3.05) is 0 Å². The summed E-state index contributed by atoms with van der Waals surface area (Å²) in [6, 6.07) is 0. The van der Waals surface area contributed by atoms with Gasteiger partial charge in [-0.05, 0) is 13.8 Å². The number of alkyl halides is 3. The number of nitrogens with zero attached hydrogens (tertiary/aromatic N) is 2. The zero-order valence-corrected chi connectivity index (χ0v) is 8.89. The topological polar surface area (TPSA) is 38.0 Å². The molecule has 0 aromatic carbocycles. The van der Waals surface area contributed by atoms with Crippen LogP contribution in [-0.2, 0) is 12.7 Å². The van der Waals surface area contributed by atoms with Crippen molar-refractivity contribution in [3.05, 3.63) is 16.4 Å². The zero-order valence-electron chi connectivity index (χ0n) is 8.14. The van der Waals surface area contributed by atoms with Gasteiger partial charge in [0.05, 0.1) is 11.1 Å². The largest absolute Gasteiger partial charge is 0.434 e. The van der Waals surface area contributed by atoms with Crippen molar-refractivity contribution in [3.8, 4) is 0 Å². The summed E-state index contributed by atoms with van der Waals surface area (Å²) in [6.07, 6.45) is -5.68. The molecule has 1 N–H and O–H groups in total. The first-order chi connectivity index (χ1) is 6.79. The Kier molecular flexibility index (Phi) is 3.30. The molecule has 0 aliphatic rings. The molecule has 3 nitrogen and oxygen atoms in total. The van der Waals surface area contributed by atoms with Crippen molar-refractivity contribution in [1.82, 2.24) is 9.78 Å². The molecular weight excluding hydrogens is 233 g/mol. The molecule has 0 bridgehead atoms. The highest BCUT2D eigenvalue weighted by atomic mass is 35.5. The fourth-order valence-electron chi connectivity index (χ4n) is 1.23. The number of aliphatic hydroxyl groups excluding tert-OH is 1. The van der Waals surface area contributed by atoms with Gasteiger partial charge in [-0.25, -0.2) is 0 Å². The minimum atomic E-state index is -4.56. The highest BCUT2D eigenvalue weighted by Crippen LogP contribution is 2.37. The second kappa shape index (κ2) is 4.02. The lowest BCUT2D eigenvalue weighted by Gasteiger charge is -2.08. The highest BCUT2D eigenvalue weighted by molar-refractivity contribution is 6.32. The first-order valence-electron chi connectivity index (χ1n) is 4.30. The normalized spacial score (nSPS) is 14.3. The average Bonchev–Trinajstić information content (AvgIpc) is 2.41. The number of hydrogen-bond donors (Lipinski definition) is 1. The Balaban J connectivity index is 3.37. The van der Waals surface area contributed by atoms with Gasteiger partial charge in [0, 0.05) is 6.54 Å². The number of aromatic nitrogens is 2. The second-order valence-corrected chi connectivity index (χ2v) is 3.42. The van der Waals surface area contributed by atoms with Crippen LogP contribution in [0.15, 0.2) is 0 Å². The minimum Gasteiger partial charge on any atom is -0.387 e. The Morgan fingerprint density at radius 2 is 2.07 bits per heavy atom. The summed E-state index contributed by atoms with van der Waals surface area (Å²) >= 11 is 5.52. The van der Waals surface area contributed by atoms with Gasteiger partial charge in [-0.1, -0.05) is 11.6 Å². The lowest BCUT2D eigenvalue weighted by Crippen LogP contribution is -2.14. The Morgan fingerprint density at radius 1 is 1.53 bits per heavy atom. The van der Waals surface area contributed by atoms with E-state index in [0.717, 1.165) is 4.68 Å². The van der Waals surface area contributed by atoms with Crippen LogP contribution in [0.25, 0.3) is 0 Å². The van der Waals surface area contributed by atoms with Crippen LogP contribution in [-0.4, -0.2) is 14.9 Å². The molecule has 86 valence electrons. The van der Waals surface area contributed by atoms with Crippen LogP contribution < -0.4 is 0 Å². The summed E-state index contributed by atoms with van der Waals surface area (Å²) < 4.78 is 38.4. The maximum atomic E-state index is 12.5. The van der Waals surface area contributed by atoms with E-state index in [-0.39, 0.29) is 12.2 Å². The summed E-state index contributed by atoms with van der Waals surface area (Å²) in [5.41, 5.74) is -1.16. The van der Waals surface area contributed by atoms with Crippen molar-refractivity contribution >= 4 is 11.6 Å². The summed E-state index contributed by atoms with van der Waals surface area (Å²) in [4.78, 5) is 0. The molecule has 0 fully saturated rings. The molecule has 7 heteroatoms. The number of aryl methyl sites for hydroxylation is 1. The van der Waals surface area contributed by atoms with Crippen molar-refractivity contribution < 1.29 is 18.3 Å². The molecule has 0 radical (unpaired) electrons. The second-order valence-electron chi connectivity index (χ2n) is 3.04. The predicted octanol–water partition coefficient (Wildman–Crippen LogP) is 2.63. The van der Waals surface area contributed by atoms with Gasteiger partial charge in [0.15, 0.2) is 5.69 Å². The van der Waals surface area contributed by atoms with E-state index in [4.69, 9.17) is 11.6 Å². The lowest BCUT2D eigenvalue weighted by molar-refractivity contribution is -0.144. The molecule has 1 unspecified atom stereocenters. The number of aliphatic hydroxyl groups is 1. The molecule has 1 atom stereocenters. The fourth-order valence-corrected chi connectivity index (χ4v) is 1.63. The van der Waals surface area contributed by atoms with E-state index in [9.17, 15) is 18.3 Å². The number of rotatable bonds is 2. The molecule has 0 aliphatic heterocycles. The molecule has 15 heavy (non-hydrogen) atoms. The van der Waals surface area contributed by atoms with E-state index in [1.807, 2.05) is 0 Å². The van der Waals surface area contributed by atoms with E-state index in [1.165, 1.54) is 13.8 Å². The first-order valence-corrected chi connectivity index (χ1v) is 4.68. The van der Waals surface area contributed by atoms with Gasteiger partial charge in [-0.3, -0.25) is 4.68 Å². The molecule has 1 aromatic rings. The summed E-state index contributed by atoms with van der Waals surface area (Å²) in [5.74, 6) is 0. The minimum absolute atomic E-state index is 0.0429. The van der Waals surface area contributed by atoms with Gasteiger partial charge in [0.2, 0.25) is 0 Å². The third-order valence-corrected chi connectivity index (χ3v) is 2.26. The Hall–Kier alpha value is -0.750. The van der Waals surface area contributed by atoms with E-state index in [0.29, 0.717) is 0 Å². The van der Waals surface area contributed by atoms with Gasteiger partial charge in [0.1, 0.15) is 5.69 Å². The van der Waals surface area contributed by atoms with Gasteiger partial charge in [0.25, 0.3) is 0 Å². The standard InChI is InChI=1S/C8H10ClF3N2O/c1-3-14-7(8(10,11)12)5(9)6(13-14)4(2)15/h4,15H,3H2,1-2H3. The van der Waals surface area contributed by atoms with Crippen LogP contribution in [0.1, 0.15) is 31.3 Å². The third kappa shape index (κ3) is 2.26. The monoisotopic (exact) mass is 242 g/mol. The lowest BCUT2D eigenvalue weighted by atomic mass is 10.2. The maximum absolute atomic E-state index is 12.5. The average molecular weight is 243 g/mol. The Labute approximate surface area is 89.5 Å². The Morgan fingerprint density at radius 3 is 2.33 bits per heavy atom. The van der Waals surface area contributed by atoms with Gasteiger partial charge >= 0.3 is 6.18 Å². The Bertz CT molecular complexity index is 360. The SMILES string of the molecule is CCn1nc(C(C)O)c(Cl)c1C(F)(F)F. The highest BCUT2D eigenvalue weighted by Gasteiger charge is 2.39. The van der Waals surface area contributed by atoms with E-state index in [1.54, 1.807) is 0 Å². The van der Waals surface area contributed by atoms with Gasteiger partial charge < -0.3 is 5.11 Å². The summed E-state index contributed by atoms with van der Waals surface area (Å²) in [5, 5.41) is 12.3. The van der Waals surface area contributed by atoms with Crippen molar-refractivity contribution in [3.63, 3.8) is 0 Å². The van der Waals surface area contributed by atoms with Crippen LogP contribution in [0, 0.1) is 0 Å². The summed E-state index contributed by atoms with van der Waals surface area (Å²) in [6.45, 7) is 2.88. The van der Waals surface area contributed by atoms with Crippen molar-refractivity contribution in [2.24, 2.45) is 0 Å². The maximum Gasteiger partial charge on any atom is 0.434 e. The van der Waals surface area contributed by atoms with Crippen LogP contribution in [0.2, 0.25) is 5.02 Å². The molecule has 0 saturated heterocycles. The van der Waals surface area contributed by atoms with E-state index >= 15 is 0 Å². The molecule has 0 spiro atoms.